The van der Waals surface area contributed by atoms with Crippen LogP contribution in [0, 0.1) is 0 Å². The molecule has 1 aromatic carbocycles. The van der Waals surface area contributed by atoms with Crippen molar-refractivity contribution >= 4 is 8.81 Å². The molecule has 2 rings (SSSR count). The summed E-state index contributed by atoms with van der Waals surface area (Å²) >= 11 is 0. The maximum Gasteiger partial charge on any atom is 0.126 e. The molecule has 0 radical (unpaired) electrons. The van der Waals surface area contributed by atoms with Gasteiger partial charge in [0, 0.05) is 5.56 Å². The van der Waals surface area contributed by atoms with Gasteiger partial charge < -0.3 is 4.52 Å². The van der Waals surface area contributed by atoms with Crippen molar-refractivity contribution in [3.8, 4) is 5.75 Å². The number of hydrogen-bond acceptors (Lipinski definition) is 1. The van der Waals surface area contributed by atoms with Crippen molar-refractivity contribution in [1.29, 1.82) is 0 Å². The van der Waals surface area contributed by atoms with Crippen LogP contribution in [-0.2, 0) is 5.41 Å². The van der Waals surface area contributed by atoms with Gasteiger partial charge in [-0.05, 0) is 47.5 Å². The molecular weight excluding hydrogens is 395 g/mol. The zero-order chi connectivity index (χ0) is 23.1. The molecule has 2 atom stereocenters. The summed E-state index contributed by atoms with van der Waals surface area (Å²) < 4.78 is 6.46. The lowest BCUT2D eigenvalue weighted by Gasteiger charge is -2.27. The van der Waals surface area contributed by atoms with Crippen LogP contribution in [0.15, 0.2) is 90.6 Å². The molecule has 166 valence electrons. The van der Waals surface area contributed by atoms with Crippen LogP contribution < -0.4 is 4.52 Å². The molecule has 0 amide bonds. The van der Waals surface area contributed by atoms with Crippen LogP contribution in [0.3, 0.4) is 0 Å². The van der Waals surface area contributed by atoms with E-state index < -0.39 is 0 Å². The molecule has 0 aromatic heterocycles. The minimum absolute atomic E-state index is 0.0332. The fourth-order valence-electron chi connectivity index (χ4n) is 3.35. The van der Waals surface area contributed by atoms with Crippen LogP contribution in [0.2, 0.25) is 0 Å². The molecule has 31 heavy (non-hydrogen) atoms. The van der Waals surface area contributed by atoms with Gasteiger partial charge in [-0.25, -0.2) is 0 Å². The van der Waals surface area contributed by atoms with Crippen LogP contribution in [0.4, 0.5) is 0 Å². The fraction of sp³-hybridized carbons (Fsp3) is 0.379. The zero-order valence-corrected chi connectivity index (χ0v) is 21.3. The molecule has 1 nitrogen and oxygen atoms in total. The maximum atomic E-state index is 6.46. The van der Waals surface area contributed by atoms with Crippen molar-refractivity contribution in [2.24, 2.45) is 0 Å². The summed E-state index contributed by atoms with van der Waals surface area (Å²) in [6, 6.07) is 6.67. The predicted octanol–water partition coefficient (Wildman–Crippen LogP) is 8.97. The smallest absolute Gasteiger partial charge is 0.126 e. The van der Waals surface area contributed by atoms with E-state index >= 15 is 0 Å². The normalized spacial score (nSPS) is 20.0. The van der Waals surface area contributed by atoms with E-state index in [9.17, 15) is 0 Å². The Morgan fingerprint density at radius 2 is 1.97 bits per heavy atom. The Bertz CT molecular complexity index is 919. The zero-order valence-electron chi connectivity index (χ0n) is 20.3. The first-order chi connectivity index (χ1) is 14.6. The van der Waals surface area contributed by atoms with Gasteiger partial charge in [0.25, 0.3) is 0 Å². The number of allylic oxidation sites excluding steroid dienone is 11. The lowest BCUT2D eigenvalue weighted by atomic mass is 9.84. The second kappa shape index (κ2) is 11.0. The molecule has 1 aromatic rings. The second-order valence-electron chi connectivity index (χ2n) is 9.63. The third-order valence-corrected chi connectivity index (χ3v) is 6.45. The summed E-state index contributed by atoms with van der Waals surface area (Å²) in [6.07, 6.45) is 20.3. The van der Waals surface area contributed by atoms with Crippen LogP contribution >= 0.6 is 8.81 Å². The summed E-state index contributed by atoms with van der Waals surface area (Å²) in [5.74, 6) is 1.50. The Labute approximate surface area is 192 Å². The van der Waals surface area contributed by atoms with Gasteiger partial charge in [-0.2, -0.15) is 0 Å². The first-order valence-corrected chi connectivity index (χ1v) is 12.2. The highest BCUT2D eigenvalue weighted by Crippen LogP contribution is 2.42. The van der Waals surface area contributed by atoms with E-state index in [0.29, 0.717) is 14.7 Å². The van der Waals surface area contributed by atoms with Crippen molar-refractivity contribution in [2.45, 2.75) is 71.4 Å². The van der Waals surface area contributed by atoms with Crippen LogP contribution in [-0.4, -0.2) is 5.16 Å². The van der Waals surface area contributed by atoms with Gasteiger partial charge in [-0.1, -0.05) is 115 Å². The third-order valence-electron chi connectivity index (χ3n) is 5.35. The highest BCUT2D eigenvalue weighted by atomic mass is 31.1. The van der Waals surface area contributed by atoms with E-state index in [1.165, 1.54) is 22.3 Å². The van der Waals surface area contributed by atoms with Gasteiger partial charge in [0.2, 0.25) is 0 Å². The Hall–Kier alpha value is -2.11. The van der Waals surface area contributed by atoms with E-state index in [2.05, 4.69) is 122 Å². The summed E-state index contributed by atoms with van der Waals surface area (Å²) in [5, 5.41) is -0.155. The average Bonchev–Trinajstić information content (AvgIpc) is 2.91. The first-order valence-electron chi connectivity index (χ1n) is 11.3. The van der Waals surface area contributed by atoms with Crippen LogP contribution in [0.1, 0.15) is 71.9 Å². The molecule has 2 heteroatoms. The molecule has 0 fully saturated rings. The molecular formula is C29H39OP. The van der Waals surface area contributed by atoms with Crippen LogP contribution in [0.25, 0.3) is 0 Å². The van der Waals surface area contributed by atoms with E-state index in [1.807, 2.05) is 6.08 Å². The fourth-order valence-corrected chi connectivity index (χ4v) is 4.18. The number of benzene rings is 1. The number of rotatable bonds is 8. The quantitative estimate of drug-likeness (QED) is 0.293. The molecule has 1 aliphatic rings. The van der Waals surface area contributed by atoms with Gasteiger partial charge in [-0.15, -0.1) is 0 Å². The lowest BCUT2D eigenvalue weighted by Crippen LogP contribution is -2.15. The van der Waals surface area contributed by atoms with Gasteiger partial charge >= 0.3 is 0 Å². The molecule has 2 unspecified atom stereocenters. The first kappa shape index (κ1) is 25.2. The largest absolute Gasteiger partial charge is 0.476 e. The Kier molecular flexibility index (Phi) is 8.90. The van der Waals surface area contributed by atoms with E-state index in [4.69, 9.17) is 4.52 Å². The SMILES string of the molecule is C=C/C=C(\C=C/CC)C1=CC=CC(C)(POc2ccc(C(C)C)cc2C(C)(C)C)C=C1. The molecule has 0 bridgehead atoms. The standard InChI is InChI=1S/C29H39OP/c1-9-11-14-23(13-10-2)24-15-12-19-29(8,20-18-24)31-30-27-17-16-25(22(3)4)21-26(27)28(5,6)7/h10-22,31H,2,9H2,1,3-8H3/b14-11-,23-13+. The highest BCUT2D eigenvalue weighted by Gasteiger charge is 2.24. The monoisotopic (exact) mass is 434 g/mol. The van der Waals surface area contributed by atoms with Crippen LogP contribution in [0.5, 0.6) is 5.75 Å². The van der Waals surface area contributed by atoms with E-state index in [1.54, 1.807) is 0 Å². The van der Waals surface area contributed by atoms with Crippen molar-refractivity contribution < 1.29 is 4.52 Å². The van der Waals surface area contributed by atoms with Crippen molar-refractivity contribution in [3.63, 3.8) is 0 Å². The third kappa shape index (κ3) is 7.22. The summed E-state index contributed by atoms with van der Waals surface area (Å²) in [4.78, 5) is 0. The summed E-state index contributed by atoms with van der Waals surface area (Å²) in [6.45, 7) is 19.5. The highest BCUT2D eigenvalue weighted by molar-refractivity contribution is 7.35. The molecule has 1 aliphatic carbocycles. The van der Waals surface area contributed by atoms with Crippen molar-refractivity contribution in [3.05, 3.63) is 102 Å². The maximum absolute atomic E-state index is 6.46. The van der Waals surface area contributed by atoms with E-state index in [-0.39, 0.29) is 10.6 Å². The lowest BCUT2D eigenvalue weighted by molar-refractivity contribution is 0.535. The Balaban J connectivity index is 2.24. The minimum Gasteiger partial charge on any atom is -0.476 e. The summed E-state index contributed by atoms with van der Waals surface area (Å²) in [5.41, 5.74) is 5.02. The van der Waals surface area contributed by atoms with Gasteiger partial charge in [0.1, 0.15) is 5.75 Å². The van der Waals surface area contributed by atoms with Gasteiger partial charge in [0.15, 0.2) is 0 Å². The molecule has 0 saturated heterocycles. The minimum atomic E-state index is -0.155. The average molecular weight is 435 g/mol. The second-order valence-corrected chi connectivity index (χ2v) is 11.1. The summed E-state index contributed by atoms with van der Waals surface area (Å²) in [7, 11) is 0.295. The Morgan fingerprint density at radius 3 is 2.58 bits per heavy atom. The topological polar surface area (TPSA) is 9.23 Å². The molecule has 0 spiro atoms. The van der Waals surface area contributed by atoms with Gasteiger partial charge in [-0.3, -0.25) is 0 Å². The van der Waals surface area contributed by atoms with Crippen molar-refractivity contribution in [1.82, 2.24) is 0 Å². The molecule has 0 N–H and O–H groups in total. The Morgan fingerprint density at radius 1 is 1.23 bits per heavy atom. The predicted molar refractivity (Wildman–Crippen MR) is 141 cm³/mol. The molecule has 0 aliphatic heterocycles. The molecule has 0 heterocycles. The van der Waals surface area contributed by atoms with Crippen molar-refractivity contribution in [2.75, 3.05) is 0 Å². The van der Waals surface area contributed by atoms with E-state index in [0.717, 1.165) is 12.2 Å². The van der Waals surface area contributed by atoms with Gasteiger partial charge in [0.05, 0.1) is 14.0 Å². The molecule has 0 saturated carbocycles. The number of hydrogen-bond donors (Lipinski definition) is 0.